The maximum Gasteiger partial charge on any atom is 0.475 e. The van der Waals surface area contributed by atoms with Gasteiger partial charge in [0.25, 0.3) is 0 Å². The Morgan fingerprint density at radius 3 is 0.892 bits per heavy atom. The number of ether oxygens (including phenoxy) is 3. The van der Waals surface area contributed by atoms with Crippen LogP contribution in [-0.4, -0.2) is 125 Å². The predicted molar refractivity (Wildman–Crippen MR) is 323 cm³/mol. The minimum Gasteiger partial charge on any atom is -0.463 e. The summed E-state index contributed by atoms with van der Waals surface area (Å²) < 4.78 is 45.3. The number of allylic oxidation sites excluding steroid dienone is 9. The summed E-state index contributed by atoms with van der Waals surface area (Å²) in [5, 5.41) is 59.5. The third-order valence-corrected chi connectivity index (χ3v) is 14.6. The molecule has 0 aromatic rings. The van der Waals surface area contributed by atoms with E-state index >= 15 is 0 Å². The maximum absolute atomic E-state index is 13.8. The molecule has 0 aromatic carbocycles. The van der Waals surface area contributed by atoms with E-state index in [4.69, 9.17) is 27.8 Å². The Kier molecular flexibility index (Phi) is 56.5. The Bertz CT molecular complexity index is 1560. The molecule has 0 fully saturated rings. The van der Waals surface area contributed by atoms with Gasteiger partial charge < -0.3 is 29.5 Å². The lowest BCUT2D eigenvalue weighted by Crippen LogP contribution is -2.27. The van der Waals surface area contributed by atoms with E-state index in [2.05, 4.69) is 53.7 Å². The van der Waals surface area contributed by atoms with Crippen molar-refractivity contribution in [3.63, 3.8) is 0 Å². The number of rotatable bonds is 60. The highest BCUT2D eigenvalue weighted by Crippen LogP contribution is 2.49. The standard InChI is InChI=1S/C63H111O19P/c1-4-7-10-13-16-22-31-40-58(80-70)43-34-25-19-28-37-46-61(67)74-49-55(64)52-77-83(73,78-53-56(65)50-75-62(68)47-38-29-20-26-35-44-59(81-71)41-32-23-17-14-11-8-5-2)79-54-57(66)51-76-63(69)48-39-30-21-27-36-45-60(82-72)42-33-24-18-15-12-9-6-3/h16-18,22-24,31-33,40-42,55-60,64-66,70-72H,4-15,19-21,25-30,34-39,43-54H2,1-3H3/b22-16+,23-17+,24-18+,40-31+,41-32+,42-33+/t55-,56-,57-,58?,59?,60?,83?/m0/s1. The first-order valence-corrected chi connectivity index (χ1v) is 32.8. The number of hydrogen-bond acceptors (Lipinski definition) is 19. The predicted octanol–water partition coefficient (Wildman–Crippen LogP) is 14.7. The molecule has 482 valence electrons. The molecule has 0 aromatic heterocycles. The normalized spacial score (nSPS) is 15.2. The highest BCUT2D eigenvalue weighted by molar-refractivity contribution is 7.48. The van der Waals surface area contributed by atoms with Crippen LogP contribution in [0.4, 0.5) is 0 Å². The van der Waals surface area contributed by atoms with Crippen molar-refractivity contribution in [2.24, 2.45) is 0 Å². The molecule has 0 aliphatic carbocycles. The fourth-order valence-corrected chi connectivity index (χ4v) is 9.47. The molecule has 3 unspecified atom stereocenters. The first kappa shape index (κ1) is 79.6. The van der Waals surface area contributed by atoms with Crippen LogP contribution < -0.4 is 0 Å². The van der Waals surface area contributed by atoms with Gasteiger partial charge in [-0.25, -0.2) is 19.2 Å². The van der Waals surface area contributed by atoms with Gasteiger partial charge in [0.1, 0.15) is 56.4 Å². The summed E-state index contributed by atoms with van der Waals surface area (Å²) in [6.45, 7) is 2.91. The van der Waals surface area contributed by atoms with Crippen LogP contribution in [0.15, 0.2) is 72.9 Å². The minimum atomic E-state index is -4.67. The topological polar surface area (TPSA) is 273 Å². The van der Waals surface area contributed by atoms with Crippen LogP contribution in [0.5, 0.6) is 0 Å². The number of phosphoric ester groups is 1. The number of carbonyl (C=O) groups excluding carboxylic acids is 3. The van der Waals surface area contributed by atoms with E-state index in [-0.39, 0.29) is 19.3 Å². The number of aliphatic hydroxyl groups is 3. The van der Waals surface area contributed by atoms with Crippen LogP contribution in [-0.2, 0) is 61.4 Å². The van der Waals surface area contributed by atoms with E-state index in [9.17, 15) is 50.0 Å². The first-order chi connectivity index (χ1) is 40.3. The van der Waals surface area contributed by atoms with Gasteiger partial charge in [-0.05, 0) is 77.0 Å². The van der Waals surface area contributed by atoms with Gasteiger partial charge in [0.05, 0.1) is 19.8 Å². The molecule has 20 heteroatoms. The number of carbonyl (C=O) groups is 3. The van der Waals surface area contributed by atoms with Crippen LogP contribution in [0.3, 0.4) is 0 Å². The molecule has 0 radical (unpaired) electrons. The summed E-state index contributed by atoms with van der Waals surface area (Å²) in [7, 11) is -4.67. The molecule has 0 aliphatic heterocycles. The van der Waals surface area contributed by atoms with Crippen molar-refractivity contribution < 1.29 is 92.5 Å². The summed E-state index contributed by atoms with van der Waals surface area (Å²) in [6, 6.07) is 0. The van der Waals surface area contributed by atoms with E-state index in [0.717, 1.165) is 116 Å². The second-order valence-electron chi connectivity index (χ2n) is 21.1. The lowest BCUT2D eigenvalue weighted by atomic mass is 10.1. The van der Waals surface area contributed by atoms with Crippen LogP contribution in [0.25, 0.3) is 0 Å². The SMILES string of the molecule is CCCCC/C=C/C=C/C(CCCCCCCC(=O)OC[C@H](O)COP(=O)(OC[C@@H](O)COC(=O)CCCCCCCC(/C=C/C=C/CCCCC)OO)OC[C@@H](O)COC(=O)CCCCCCCC(/C=C/C=C/CCCCC)OO)OO. The molecule has 0 rings (SSSR count). The first-order valence-electron chi connectivity index (χ1n) is 31.3. The summed E-state index contributed by atoms with van der Waals surface area (Å²) in [5.41, 5.74) is 0. The monoisotopic (exact) mass is 1200 g/mol. The molecule has 0 saturated heterocycles. The number of phosphoric acid groups is 1. The van der Waals surface area contributed by atoms with Gasteiger partial charge in [-0.2, -0.15) is 0 Å². The smallest absolute Gasteiger partial charge is 0.463 e. The van der Waals surface area contributed by atoms with Gasteiger partial charge in [0.2, 0.25) is 0 Å². The average molecular weight is 1200 g/mol. The molecule has 0 heterocycles. The minimum absolute atomic E-state index is 0.108. The maximum atomic E-state index is 13.8. The zero-order chi connectivity index (χ0) is 61.1. The summed E-state index contributed by atoms with van der Waals surface area (Å²) in [4.78, 5) is 51.1. The third kappa shape index (κ3) is 53.8. The molecule has 0 bridgehead atoms. The van der Waals surface area contributed by atoms with Crippen molar-refractivity contribution in [1.82, 2.24) is 0 Å². The molecule has 6 N–H and O–H groups in total. The lowest BCUT2D eigenvalue weighted by Gasteiger charge is -2.22. The number of esters is 3. The van der Waals surface area contributed by atoms with Gasteiger partial charge in [-0.1, -0.05) is 209 Å². The van der Waals surface area contributed by atoms with Crippen molar-refractivity contribution in [2.45, 2.75) is 269 Å². The van der Waals surface area contributed by atoms with Gasteiger partial charge in [-0.15, -0.1) is 0 Å². The molecule has 6 atom stereocenters. The van der Waals surface area contributed by atoms with Gasteiger partial charge in [-0.3, -0.25) is 43.7 Å². The molecule has 0 amide bonds. The number of unbranched alkanes of at least 4 members (excludes halogenated alkanes) is 21. The number of aliphatic hydroxyl groups excluding tert-OH is 3. The lowest BCUT2D eigenvalue weighted by molar-refractivity contribution is -0.267. The average Bonchev–Trinajstić information content (AvgIpc) is 3.49. The third-order valence-electron chi connectivity index (χ3n) is 13.2. The molecule has 19 nitrogen and oxygen atoms in total. The van der Waals surface area contributed by atoms with Crippen molar-refractivity contribution in [3.05, 3.63) is 72.9 Å². The van der Waals surface area contributed by atoms with Gasteiger partial charge in [0.15, 0.2) is 0 Å². The largest absolute Gasteiger partial charge is 0.475 e. The van der Waals surface area contributed by atoms with Crippen molar-refractivity contribution in [1.29, 1.82) is 0 Å². The number of hydrogen-bond donors (Lipinski definition) is 6. The Balaban J connectivity index is 4.97. The molecule has 83 heavy (non-hydrogen) atoms. The Labute approximate surface area is 498 Å². The summed E-state index contributed by atoms with van der Waals surface area (Å²) in [5.74, 6) is -1.66. The second-order valence-corrected chi connectivity index (χ2v) is 22.8. The van der Waals surface area contributed by atoms with Crippen LogP contribution in [0.1, 0.15) is 233 Å². The van der Waals surface area contributed by atoms with E-state index < -0.39 is 102 Å². The quantitative estimate of drug-likeness (QED) is 0.00628. The molecule has 0 saturated carbocycles. The zero-order valence-corrected chi connectivity index (χ0v) is 51.8. The summed E-state index contributed by atoms with van der Waals surface area (Å²) >= 11 is 0. The Morgan fingerprint density at radius 1 is 0.361 bits per heavy atom. The molecular formula is C63H111O19P. The van der Waals surface area contributed by atoms with Crippen molar-refractivity contribution in [3.8, 4) is 0 Å². The molecular weight excluding hydrogens is 1090 g/mol. The van der Waals surface area contributed by atoms with E-state index in [1.807, 2.05) is 54.7 Å². The Morgan fingerprint density at radius 2 is 0.627 bits per heavy atom. The highest BCUT2D eigenvalue weighted by atomic mass is 31.2. The fraction of sp³-hybridized carbons (Fsp3) is 0.762. The van der Waals surface area contributed by atoms with Crippen LogP contribution in [0.2, 0.25) is 0 Å². The van der Waals surface area contributed by atoms with E-state index in [1.54, 1.807) is 0 Å². The van der Waals surface area contributed by atoms with Crippen LogP contribution in [0, 0.1) is 0 Å². The second kappa shape index (κ2) is 59.0. The van der Waals surface area contributed by atoms with Crippen molar-refractivity contribution >= 4 is 25.7 Å². The van der Waals surface area contributed by atoms with Gasteiger partial charge in [0, 0.05) is 19.3 Å². The zero-order valence-electron chi connectivity index (χ0n) is 50.9. The van der Waals surface area contributed by atoms with Gasteiger partial charge >= 0.3 is 25.7 Å². The molecule has 0 spiro atoms. The van der Waals surface area contributed by atoms with Crippen LogP contribution >= 0.6 is 7.82 Å². The van der Waals surface area contributed by atoms with E-state index in [0.29, 0.717) is 38.5 Å². The van der Waals surface area contributed by atoms with Crippen molar-refractivity contribution in [2.75, 3.05) is 39.6 Å². The summed E-state index contributed by atoms with van der Waals surface area (Å²) in [6.07, 6.45) is 45.3. The fourth-order valence-electron chi connectivity index (χ4n) is 8.18. The highest BCUT2D eigenvalue weighted by Gasteiger charge is 2.31. The van der Waals surface area contributed by atoms with E-state index in [1.165, 1.54) is 38.5 Å². The molecule has 0 aliphatic rings. The Hall–Kier alpha value is -3.40.